The molecule has 0 radical (unpaired) electrons. The minimum Gasteiger partial charge on any atom is -0.506 e. The Hall–Kier alpha value is -0.990. The monoisotopic (exact) mass is 314 g/mol. The van der Waals surface area contributed by atoms with E-state index in [1.54, 1.807) is 0 Å². The van der Waals surface area contributed by atoms with Gasteiger partial charge in [0.15, 0.2) is 0 Å². The van der Waals surface area contributed by atoms with E-state index in [1.165, 1.54) is 22.6 Å². The minimum absolute atomic E-state index is 0.120. The van der Waals surface area contributed by atoms with Gasteiger partial charge in [0.05, 0.1) is 15.3 Å². The maximum absolute atomic E-state index is 12.4. The molecule has 1 rings (SSSR count). The van der Waals surface area contributed by atoms with Crippen LogP contribution in [0.1, 0.15) is 22.5 Å². The van der Waals surface area contributed by atoms with Crippen molar-refractivity contribution in [3.8, 4) is 5.75 Å². The predicted octanol–water partition coefficient (Wildman–Crippen LogP) is 1.43. The van der Waals surface area contributed by atoms with E-state index in [0.717, 1.165) is 6.20 Å². The summed E-state index contributed by atoms with van der Waals surface area (Å²) in [4.78, 5) is 14.2. The average Bonchev–Trinajstić information content (AvgIpc) is 2.02. The van der Waals surface area contributed by atoms with Crippen LogP contribution in [0.25, 0.3) is 0 Å². The number of nitrogens with zero attached hydrogens (tertiary/aromatic N) is 1. The van der Waals surface area contributed by atoms with Crippen molar-refractivity contribution in [1.29, 1.82) is 0 Å². The molecule has 7 heteroatoms. The van der Waals surface area contributed by atoms with Crippen molar-refractivity contribution >= 4 is 28.5 Å². The fourth-order valence-electron chi connectivity index (χ4n) is 0.871. The molecule has 1 aromatic heterocycles. The van der Waals surface area contributed by atoms with Gasteiger partial charge in [-0.15, -0.1) is 0 Å². The Labute approximate surface area is 91.3 Å². The van der Waals surface area contributed by atoms with Crippen LogP contribution in [0.2, 0.25) is 0 Å². The van der Waals surface area contributed by atoms with Gasteiger partial charge in [0.1, 0.15) is 11.4 Å². The van der Waals surface area contributed by atoms with Crippen LogP contribution in [0.15, 0.2) is 6.20 Å². The highest BCUT2D eigenvalue weighted by atomic mass is 127. The molecular weight excluding hydrogens is 309 g/mol. The van der Waals surface area contributed by atoms with Crippen LogP contribution in [0, 0.1) is 3.57 Å². The second-order valence-corrected chi connectivity index (χ2v) is 3.46. The molecule has 0 aliphatic rings. The van der Waals surface area contributed by atoms with Crippen molar-refractivity contribution in [2.45, 2.75) is 6.43 Å². The predicted molar refractivity (Wildman–Crippen MR) is 52.1 cm³/mol. The lowest BCUT2D eigenvalue weighted by molar-refractivity contribution is 0.0993. The molecule has 0 spiro atoms. The van der Waals surface area contributed by atoms with Crippen LogP contribution in [0.4, 0.5) is 8.78 Å². The quantitative estimate of drug-likeness (QED) is 0.811. The third-order valence-corrected chi connectivity index (χ3v) is 2.58. The highest BCUT2D eigenvalue weighted by Gasteiger charge is 2.22. The van der Waals surface area contributed by atoms with Crippen LogP contribution in [-0.2, 0) is 0 Å². The Morgan fingerprint density at radius 3 is 2.64 bits per heavy atom. The Kier molecular flexibility index (Phi) is 3.19. The largest absolute Gasteiger partial charge is 0.506 e. The number of carbonyl (C=O) groups excluding carboxylic acids is 1. The van der Waals surface area contributed by atoms with Gasteiger partial charge in [0.2, 0.25) is 0 Å². The van der Waals surface area contributed by atoms with E-state index < -0.39 is 23.6 Å². The van der Waals surface area contributed by atoms with E-state index in [-0.39, 0.29) is 9.26 Å². The van der Waals surface area contributed by atoms with Crippen molar-refractivity contribution in [1.82, 2.24) is 4.98 Å². The number of hydrogen-bond donors (Lipinski definition) is 2. The standard InChI is InChI=1S/C7H5F2IN2O2/c8-6(9)3-2(13)1-12-5(4(3)10)7(11)14/h1,6,13H,(H2,11,14). The van der Waals surface area contributed by atoms with Crippen molar-refractivity contribution in [2.24, 2.45) is 5.73 Å². The number of amides is 1. The third kappa shape index (κ3) is 1.91. The van der Waals surface area contributed by atoms with Gasteiger partial charge in [-0.05, 0) is 22.6 Å². The van der Waals surface area contributed by atoms with Gasteiger partial charge in [-0.1, -0.05) is 0 Å². The Morgan fingerprint density at radius 1 is 1.64 bits per heavy atom. The van der Waals surface area contributed by atoms with Crippen LogP contribution in [0.5, 0.6) is 5.75 Å². The number of pyridine rings is 1. The third-order valence-electron chi connectivity index (χ3n) is 1.49. The SMILES string of the molecule is NC(=O)c1ncc(O)c(C(F)F)c1I. The number of nitrogens with two attached hydrogens (primary N) is 1. The molecule has 0 bridgehead atoms. The molecule has 0 saturated heterocycles. The molecule has 0 aromatic carbocycles. The summed E-state index contributed by atoms with van der Waals surface area (Å²) in [7, 11) is 0. The van der Waals surface area contributed by atoms with Gasteiger partial charge >= 0.3 is 0 Å². The molecule has 76 valence electrons. The number of aromatic hydroxyl groups is 1. The van der Waals surface area contributed by atoms with Gasteiger partial charge < -0.3 is 10.8 Å². The second-order valence-electron chi connectivity index (χ2n) is 2.38. The molecule has 1 amide bonds. The summed E-state index contributed by atoms with van der Waals surface area (Å²) in [5.74, 6) is -1.55. The number of aromatic nitrogens is 1. The zero-order chi connectivity index (χ0) is 10.9. The molecule has 0 fully saturated rings. The topological polar surface area (TPSA) is 76.2 Å². The lowest BCUT2D eigenvalue weighted by atomic mass is 10.2. The summed E-state index contributed by atoms with van der Waals surface area (Å²) in [5.41, 5.74) is 4.02. The normalized spacial score (nSPS) is 10.6. The number of halogens is 3. The zero-order valence-corrected chi connectivity index (χ0v) is 8.83. The molecule has 1 heterocycles. The minimum atomic E-state index is -2.87. The molecule has 1 aromatic rings. The highest BCUT2D eigenvalue weighted by molar-refractivity contribution is 14.1. The van der Waals surface area contributed by atoms with Crippen LogP contribution in [0.3, 0.4) is 0 Å². The maximum Gasteiger partial charge on any atom is 0.268 e. The Balaban J connectivity index is 3.41. The number of hydrogen-bond acceptors (Lipinski definition) is 3. The van der Waals surface area contributed by atoms with E-state index in [2.05, 4.69) is 4.98 Å². The Morgan fingerprint density at radius 2 is 2.21 bits per heavy atom. The van der Waals surface area contributed by atoms with E-state index in [9.17, 15) is 13.6 Å². The van der Waals surface area contributed by atoms with Crippen molar-refractivity contribution in [2.75, 3.05) is 0 Å². The first-order chi connectivity index (χ1) is 6.45. The molecule has 3 N–H and O–H groups in total. The van der Waals surface area contributed by atoms with E-state index >= 15 is 0 Å². The first kappa shape index (κ1) is 11.1. The van der Waals surface area contributed by atoms with Crippen molar-refractivity contribution in [3.05, 3.63) is 21.0 Å². The molecule has 0 aliphatic heterocycles. The second kappa shape index (κ2) is 4.03. The lowest BCUT2D eigenvalue weighted by Gasteiger charge is -2.07. The molecule has 4 nitrogen and oxygen atoms in total. The first-order valence-corrected chi connectivity index (χ1v) is 4.48. The van der Waals surface area contributed by atoms with Gasteiger partial charge in [-0.25, -0.2) is 13.8 Å². The summed E-state index contributed by atoms with van der Waals surface area (Å²) in [5, 5.41) is 9.07. The number of alkyl halides is 2. The Bertz CT molecular complexity index is 384. The van der Waals surface area contributed by atoms with E-state index in [1.807, 2.05) is 0 Å². The van der Waals surface area contributed by atoms with Gasteiger partial charge in [-0.2, -0.15) is 0 Å². The fourth-order valence-corrected chi connectivity index (χ4v) is 1.79. The molecule has 0 aliphatic carbocycles. The smallest absolute Gasteiger partial charge is 0.268 e. The van der Waals surface area contributed by atoms with Gasteiger partial charge in [-0.3, -0.25) is 4.79 Å². The van der Waals surface area contributed by atoms with Crippen molar-refractivity contribution in [3.63, 3.8) is 0 Å². The molecule has 0 unspecified atom stereocenters. The number of rotatable bonds is 2. The van der Waals surface area contributed by atoms with Crippen LogP contribution >= 0.6 is 22.6 Å². The summed E-state index contributed by atoms with van der Waals surface area (Å²) < 4.78 is 24.7. The fraction of sp³-hybridized carbons (Fsp3) is 0.143. The average molecular weight is 314 g/mol. The van der Waals surface area contributed by atoms with Crippen molar-refractivity contribution < 1.29 is 18.7 Å². The van der Waals surface area contributed by atoms with Crippen LogP contribution in [-0.4, -0.2) is 16.0 Å². The summed E-state index contributed by atoms with van der Waals surface area (Å²) >= 11 is 1.49. The summed E-state index contributed by atoms with van der Waals surface area (Å²) in [6.07, 6.45) is -2.09. The summed E-state index contributed by atoms with van der Waals surface area (Å²) in [6.45, 7) is 0. The van der Waals surface area contributed by atoms with E-state index in [4.69, 9.17) is 10.8 Å². The molecule has 0 atom stereocenters. The zero-order valence-electron chi connectivity index (χ0n) is 6.67. The van der Waals surface area contributed by atoms with Gasteiger partial charge in [0.25, 0.3) is 12.3 Å². The first-order valence-electron chi connectivity index (χ1n) is 3.40. The lowest BCUT2D eigenvalue weighted by Crippen LogP contribution is -2.16. The molecular formula is C7H5F2IN2O2. The van der Waals surface area contributed by atoms with E-state index in [0.29, 0.717) is 0 Å². The molecule has 0 saturated carbocycles. The number of carbonyl (C=O) groups is 1. The van der Waals surface area contributed by atoms with Crippen LogP contribution < -0.4 is 5.73 Å². The maximum atomic E-state index is 12.4. The summed E-state index contributed by atoms with van der Waals surface area (Å²) in [6, 6.07) is 0. The highest BCUT2D eigenvalue weighted by Crippen LogP contribution is 2.32. The number of primary amides is 1. The van der Waals surface area contributed by atoms with Gasteiger partial charge in [0, 0.05) is 0 Å². The molecule has 14 heavy (non-hydrogen) atoms.